The minimum Gasteiger partial charge on any atom is -0.344 e. The minimum absolute atomic E-state index is 0.0642. The number of hydrogen-bond acceptors (Lipinski definition) is 5. The number of benzene rings is 1. The van der Waals surface area contributed by atoms with Gasteiger partial charge in [0.25, 0.3) is 11.6 Å². The highest BCUT2D eigenvalue weighted by atomic mass is 32.2. The van der Waals surface area contributed by atoms with Gasteiger partial charge in [0, 0.05) is 17.8 Å². The molecule has 0 aliphatic heterocycles. The van der Waals surface area contributed by atoms with E-state index >= 15 is 0 Å². The van der Waals surface area contributed by atoms with Crippen LogP contribution in [0.5, 0.6) is 0 Å². The van der Waals surface area contributed by atoms with Crippen molar-refractivity contribution in [3.8, 4) is 0 Å². The van der Waals surface area contributed by atoms with Crippen molar-refractivity contribution >= 4 is 23.4 Å². The number of nitro groups is 1. The Kier molecular flexibility index (Phi) is 5.11. The first-order chi connectivity index (χ1) is 10.5. The van der Waals surface area contributed by atoms with E-state index in [9.17, 15) is 14.9 Å². The summed E-state index contributed by atoms with van der Waals surface area (Å²) < 4.78 is 0. The van der Waals surface area contributed by atoms with Crippen LogP contribution in [0, 0.1) is 10.1 Å². The van der Waals surface area contributed by atoms with Gasteiger partial charge in [-0.05, 0) is 37.4 Å². The summed E-state index contributed by atoms with van der Waals surface area (Å²) in [5, 5.41) is 13.8. The van der Waals surface area contributed by atoms with Crippen LogP contribution in [0.3, 0.4) is 0 Å². The molecule has 7 heteroatoms. The van der Waals surface area contributed by atoms with Gasteiger partial charge in [0.05, 0.1) is 21.6 Å². The Morgan fingerprint density at radius 3 is 2.73 bits per heavy atom. The molecule has 0 fully saturated rings. The molecule has 0 aliphatic carbocycles. The summed E-state index contributed by atoms with van der Waals surface area (Å²) in [5.74, 6) is -0.367. The molecule has 2 rings (SSSR count). The van der Waals surface area contributed by atoms with E-state index < -0.39 is 4.92 Å². The van der Waals surface area contributed by atoms with E-state index in [4.69, 9.17) is 0 Å². The van der Waals surface area contributed by atoms with Crippen LogP contribution >= 0.6 is 11.8 Å². The van der Waals surface area contributed by atoms with Crippen molar-refractivity contribution in [3.05, 3.63) is 64.0 Å². The molecule has 0 bridgehead atoms. The summed E-state index contributed by atoms with van der Waals surface area (Å²) in [5.41, 5.74) is 0.920. The second kappa shape index (κ2) is 7.04. The number of pyridine rings is 1. The molecule has 1 aromatic heterocycles. The summed E-state index contributed by atoms with van der Waals surface area (Å²) in [7, 11) is 0. The summed E-state index contributed by atoms with van der Waals surface area (Å²) in [6, 6.07) is 9.62. The third kappa shape index (κ3) is 3.62. The second-order valence-electron chi connectivity index (χ2n) is 4.59. The van der Waals surface area contributed by atoms with Crippen molar-refractivity contribution < 1.29 is 9.72 Å². The Bertz CT molecular complexity index is 692. The molecule has 1 aromatic carbocycles. The SMILES string of the molecule is CSc1ccc(C(=O)N[C@@H](C)c2ccccn2)cc1[N+](=O)[O-]. The Morgan fingerprint density at radius 2 is 2.14 bits per heavy atom. The highest BCUT2D eigenvalue weighted by Crippen LogP contribution is 2.28. The quantitative estimate of drug-likeness (QED) is 0.520. The van der Waals surface area contributed by atoms with Gasteiger partial charge in [-0.3, -0.25) is 19.9 Å². The largest absolute Gasteiger partial charge is 0.344 e. The van der Waals surface area contributed by atoms with Gasteiger partial charge in [-0.15, -0.1) is 11.8 Å². The smallest absolute Gasteiger partial charge is 0.283 e. The topological polar surface area (TPSA) is 85.1 Å². The molecule has 2 aromatic rings. The molecule has 1 atom stereocenters. The summed E-state index contributed by atoms with van der Waals surface area (Å²) in [6.07, 6.45) is 3.40. The van der Waals surface area contributed by atoms with Gasteiger partial charge in [-0.2, -0.15) is 0 Å². The molecule has 0 radical (unpaired) electrons. The molecule has 0 aliphatic rings. The Morgan fingerprint density at radius 1 is 1.36 bits per heavy atom. The normalized spacial score (nSPS) is 11.7. The fraction of sp³-hybridized carbons (Fsp3) is 0.200. The van der Waals surface area contributed by atoms with Crippen LogP contribution in [0.4, 0.5) is 5.69 Å². The predicted molar refractivity (Wildman–Crippen MR) is 85.0 cm³/mol. The zero-order valence-electron chi connectivity index (χ0n) is 12.1. The second-order valence-corrected chi connectivity index (χ2v) is 5.44. The van der Waals surface area contributed by atoms with Crippen LogP contribution in [0.25, 0.3) is 0 Å². The third-order valence-corrected chi connectivity index (χ3v) is 3.90. The van der Waals surface area contributed by atoms with Gasteiger partial charge in [-0.1, -0.05) is 6.07 Å². The van der Waals surface area contributed by atoms with E-state index in [2.05, 4.69) is 10.3 Å². The lowest BCUT2D eigenvalue weighted by Crippen LogP contribution is -2.27. The van der Waals surface area contributed by atoms with Crippen molar-refractivity contribution in [1.29, 1.82) is 0 Å². The maximum absolute atomic E-state index is 12.2. The zero-order chi connectivity index (χ0) is 16.1. The Hall–Kier alpha value is -2.41. The van der Waals surface area contributed by atoms with Crippen molar-refractivity contribution in [1.82, 2.24) is 10.3 Å². The van der Waals surface area contributed by atoms with Crippen LogP contribution < -0.4 is 5.32 Å². The Labute approximate surface area is 132 Å². The van der Waals surface area contributed by atoms with Crippen molar-refractivity contribution in [2.75, 3.05) is 6.26 Å². The number of amides is 1. The zero-order valence-corrected chi connectivity index (χ0v) is 13.0. The van der Waals surface area contributed by atoms with Crippen molar-refractivity contribution in [3.63, 3.8) is 0 Å². The number of carbonyl (C=O) groups excluding carboxylic acids is 1. The molecular weight excluding hydrogens is 302 g/mol. The number of thioether (sulfide) groups is 1. The molecular formula is C15H15N3O3S. The molecule has 0 spiro atoms. The van der Waals surface area contributed by atoms with E-state index in [1.807, 2.05) is 19.1 Å². The van der Waals surface area contributed by atoms with E-state index in [0.29, 0.717) is 4.90 Å². The molecule has 0 saturated heterocycles. The van der Waals surface area contributed by atoms with Crippen LogP contribution in [0.1, 0.15) is 29.0 Å². The highest BCUT2D eigenvalue weighted by molar-refractivity contribution is 7.98. The first-order valence-corrected chi connectivity index (χ1v) is 7.79. The molecule has 1 amide bonds. The molecule has 1 heterocycles. The van der Waals surface area contributed by atoms with E-state index in [1.165, 1.54) is 17.8 Å². The molecule has 6 nitrogen and oxygen atoms in total. The average molecular weight is 317 g/mol. The molecule has 0 saturated carbocycles. The lowest BCUT2D eigenvalue weighted by atomic mass is 10.1. The third-order valence-electron chi connectivity index (χ3n) is 3.12. The molecule has 22 heavy (non-hydrogen) atoms. The monoisotopic (exact) mass is 317 g/mol. The number of carbonyl (C=O) groups is 1. The maximum atomic E-state index is 12.2. The molecule has 1 N–H and O–H groups in total. The lowest BCUT2D eigenvalue weighted by Gasteiger charge is -2.13. The number of aromatic nitrogens is 1. The minimum atomic E-state index is -0.481. The Balaban J connectivity index is 2.19. The van der Waals surface area contributed by atoms with Gasteiger partial charge in [-0.25, -0.2) is 0 Å². The van der Waals surface area contributed by atoms with Crippen molar-refractivity contribution in [2.24, 2.45) is 0 Å². The van der Waals surface area contributed by atoms with Gasteiger partial charge in [0.2, 0.25) is 0 Å². The van der Waals surface area contributed by atoms with Crippen LogP contribution in [0.15, 0.2) is 47.5 Å². The molecule has 114 valence electrons. The standard InChI is InChI=1S/C15H15N3O3S/c1-10(12-5-3-4-8-16-12)17-15(19)11-6-7-14(22-2)13(9-11)18(20)21/h3-10H,1-2H3,(H,17,19)/t10-/m0/s1. The number of rotatable bonds is 5. The highest BCUT2D eigenvalue weighted by Gasteiger charge is 2.18. The lowest BCUT2D eigenvalue weighted by molar-refractivity contribution is -0.387. The van der Waals surface area contributed by atoms with Crippen molar-refractivity contribution in [2.45, 2.75) is 17.9 Å². The number of nitrogens with one attached hydrogen (secondary N) is 1. The first kappa shape index (κ1) is 16.0. The number of nitro benzene ring substituents is 1. The molecule has 0 unspecified atom stereocenters. The van der Waals surface area contributed by atoms with E-state index in [0.717, 1.165) is 5.69 Å². The van der Waals surface area contributed by atoms with Gasteiger partial charge in [0.15, 0.2) is 0 Å². The fourth-order valence-corrected chi connectivity index (χ4v) is 2.51. The summed E-state index contributed by atoms with van der Waals surface area (Å²) in [6.45, 7) is 1.81. The predicted octanol–water partition coefficient (Wildman–Crippen LogP) is 3.20. The number of hydrogen-bond donors (Lipinski definition) is 1. The van der Waals surface area contributed by atoms with Crippen LogP contribution in [0.2, 0.25) is 0 Å². The van der Waals surface area contributed by atoms with Crippen LogP contribution in [-0.4, -0.2) is 22.1 Å². The fourth-order valence-electron chi connectivity index (χ4n) is 1.96. The summed E-state index contributed by atoms with van der Waals surface area (Å²) in [4.78, 5) is 27.5. The maximum Gasteiger partial charge on any atom is 0.283 e. The van der Waals surface area contributed by atoms with Gasteiger partial charge < -0.3 is 5.32 Å². The van der Waals surface area contributed by atoms with Gasteiger partial charge in [0.1, 0.15) is 0 Å². The first-order valence-electron chi connectivity index (χ1n) is 6.57. The van der Waals surface area contributed by atoms with E-state index in [-0.39, 0.29) is 23.2 Å². The van der Waals surface area contributed by atoms with Crippen LogP contribution in [-0.2, 0) is 0 Å². The van der Waals surface area contributed by atoms with E-state index in [1.54, 1.807) is 30.7 Å². The van der Waals surface area contributed by atoms with Gasteiger partial charge >= 0.3 is 0 Å². The summed E-state index contributed by atoms with van der Waals surface area (Å²) >= 11 is 1.27. The number of nitrogens with zero attached hydrogens (tertiary/aromatic N) is 2. The average Bonchev–Trinajstić information content (AvgIpc) is 2.54.